The van der Waals surface area contributed by atoms with Crippen molar-refractivity contribution in [1.82, 2.24) is 9.97 Å². The molecular formula is C14H10ClN3O2. The monoisotopic (exact) mass is 287 g/mol. The summed E-state index contributed by atoms with van der Waals surface area (Å²) in [6.07, 6.45) is 0. The first-order chi connectivity index (χ1) is 9.56. The van der Waals surface area contributed by atoms with Gasteiger partial charge in [0.15, 0.2) is 0 Å². The third kappa shape index (κ3) is 2.02. The van der Waals surface area contributed by atoms with Gasteiger partial charge < -0.3 is 4.98 Å². The number of para-hydroxylation sites is 1. The van der Waals surface area contributed by atoms with Gasteiger partial charge in [0.1, 0.15) is 5.82 Å². The molecule has 1 N–H and O–H groups in total. The predicted molar refractivity (Wildman–Crippen MR) is 77.9 cm³/mol. The first kappa shape index (κ1) is 12.6. The molecule has 3 aromatic rings. The Morgan fingerprint density at radius 3 is 2.80 bits per heavy atom. The number of hydrogen-bond acceptors (Lipinski definition) is 3. The second-order valence-electron chi connectivity index (χ2n) is 4.48. The summed E-state index contributed by atoms with van der Waals surface area (Å²) in [6.45, 7) is 1.94. The van der Waals surface area contributed by atoms with E-state index < -0.39 is 4.92 Å². The van der Waals surface area contributed by atoms with E-state index in [2.05, 4.69) is 9.97 Å². The maximum absolute atomic E-state index is 11.1. The van der Waals surface area contributed by atoms with Crippen LogP contribution < -0.4 is 0 Å². The van der Waals surface area contributed by atoms with Crippen LogP contribution in [0.5, 0.6) is 0 Å². The summed E-state index contributed by atoms with van der Waals surface area (Å²) in [4.78, 5) is 18.2. The van der Waals surface area contributed by atoms with Gasteiger partial charge in [-0.25, -0.2) is 4.98 Å². The fourth-order valence-corrected chi connectivity index (χ4v) is 2.33. The summed E-state index contributed by atoms with van der Waals surface area (Å²) in [5.41, 5.74) is 3.02. The molecule has 0 spiro atoms. The van der Waals surface area contributed by atoms with Crippen LogP contribution in [-0.4, -0.2) is 14.9 Å². The molecule has 0 fully saturated rings. The molecular weight excluding hydrogens is 278 g/mol. The van der Waals surface area contributed by atoms with Gasteiger partial charge in [-0.3, -0.25) is 10.1 Å². The number of benzene rings is 2. The van der Waals surface area contributed by atoms with Crippen molar-refractivity contribution in [2.45, 2.75) is 6.92 Å². The number of hydrogen-bond donors (Lipinski definition) is 1. The smallest absolute Gasteiger partial charge is 0.280 e. The number of H-pyrrole nitrogens is 1. The van der Waals surface area contributed by atoms with Crippen molar-refractivity contribution in [2.75, 3.05) is 0 Å². The topological polar surface area (TPSA) is 71.8 Å². The number of halogens is 1. The van der Waals surface area contributed by atoms with Gasteiger partial charge in [-0.1, -0.05) is 23.7 Å². The average molecular weight is 288 g/mol. The van der Waals surface area contributed by atoms with Gasteiger partial charge in [0.05, 0.1) is 21.5 Å². The van der Waals surface area contributed by atoms with E-state index in [1.807, 2.05) is 25.1 Å². The first-order valence-electron chi connectivity index (χ1n) is 5.96. The Hall–Kier alpha value is -2.40. The van der Waals surface area contributed by atoms with Crippen LogP contribution in [0.4, 0.5) is 5.69 Å². The highest BCUT2D eigenvalue weighted by Gasteiger charge is 2.18. The standard InChI is InChI=1S/C14H10ClN3O2/c1-8-3-2-4-11-13(8)17-14(16-11)10-7-9(15)5-6-12(10)18(19)20/h2-7H,1H3,(H,16,17). The highest BCUT2D eigenvalue weighted by atomic mass is 35.5. The summed E-state index contributed by atoms with van der Waals surface area (Å²) in [5, 5.41) is 11.5. The number of imidazole rings is 1. The van der Waals surface area contributed by atoms with Gasteiger partial charge in [-0.15, -0.1) is 0 Å². The molecule has 0 atom stereocenters. The fraction of sp³-hybridized carbons (Fsp3) is 0.0714. The first-order valence-corrected chi connectivity index (χ1v) is 6.33. The summed E-state index contributed by atoms with van der Waals surface area (Å²) >= 11 is 5.94. The molecule has 1 heterocycles. The SMILES string of the molecule is Cc1cccc2[nH]c(-c3cc(Cl)ccc3[N+](=O)[O-])nc12. The Labute approximate surface area is 119 Å². The molecule has 5 nitrogen and oxygen atoms in total. The number of nitro benzene ring substituents is 1. The van der Waals surface area contributed by atoms with Crippen LogP contribution in [0.1, 0.15) is 5.56 Å². The van der Waals surface area contributed by atoms with E-state index in [9.17, 15) is 10.1 Å². The molecule has 1 aromatic heterocycles. The van der Waals surface area contributed by atoms with Crippen molar-refractivity contribution in [3.8, 4) is 11.4 Å². The zero-order valence-corrected chi connectivity index (χ0v) is 11.3. The molecule has 0 aliphatic carbocycles. The quantitative estimate of drug-likeness (QED) is 0.570. The van der Waals surface area contributed by atoms with Crippen molar-refractivity contribution in [1.29, 1.82) is 0 Å². The lowest BCUT2D eigenvalue weighted by atomic mass is 10.1. The Kier molecular flexibility index (Phi) is 2.91. The van der Waals surface area contributed by atoms with Gasteiger partial charge in [0, 0.05) is 11.1 Å². The van der Waals surface area contributed by atoms with Crippen LogP contribution in [0.3, 0.4) is 0 Å². The lowest BCUT2D eigenvalue weighted by Crippen LogP contribution is -1.93. The number of nitro groups is 1. The second-order valence-corrected chi connectivity index (χ2v) is 4.91. The molecule has 0 saturated carbocycles. The van der Waals surface area contributed by atoms with Gasteiger partial charge >= 0.3 is 0 Å². The van der Waals surface area contributed by atoms with Crippen molar-refractivity contribution >= 4 is 28.3 Å². The number of aromatic amines is 1. The van der Waals surface area contributed by atoms with Gasteiger partial charge in [0.2, 0.25) is 0 Å². The molecule has 0 saturated heterocycles. The van der Waals surface area contributed by atoms with E-state index in [0.717, 1.165) is 16.6 Å². The highest BCUT2D eigenvalue weighted by Crippen LogP contribution is 2.32. The van der Waals surface area contributed by atoms with E-state index in [1.165, 1.54) is 12.1 Å². The summed E-state index contributed by atoms with van der Waals surface area (Å²) in [7, 11) is 0. The van der Waals surface area contributed by atoms with Gasteiger partial charge in [-0.05, 0) is 30.7 Å². The summed E-state index contributed by atoms with van der Waals surface area (Å²) < 4.78 is 0. The fourth-order valence-electron chi connectivity index (χ4n) is 2.16. The molecule has 100 valence electrons. The molecule has 0 amide bonds. The van der Waals surface area contributed by atoms with Gasteiger partial charge in [0.25, 0.3) is 5.69 Å². The molecule has 0 unspecified atom stereocenters. The van der Waals surface area contributed by atoms with Crippen LogP contribution in [0.2, 0.25) is 5.02 Å². The second kappa shape index (κ2) is 4.61. The highest BCUT2D eigenvalue weighted by molar-refractivity contribution is 6.31. The number of aryl methyl sites for hydroxylation is 1. The minimum Gasteiger partial charge on any atom is -0.338 e. The van der Waals surface area contributed by atoms with Crippen LogP contribution in [0, 0.1) is 17.0 Å². The van der Waals surface area contributed by atoms with Crippen LogP contribution in [0.15, 0.2) is 36.4 Å². The number of rotatable bonds is 2. The van der Waals surface area contributed by atoms with Crippen LogP contribution in [-0.2, 0) is 0 Å². The van der Waals surface area contributed by atoms with Crippen molar-refractivity contribution in [2.24, 2.45) is 0 Å². The average Bonchev–Trinajstić information content (AvgIpc) is 2.83. The minimum absolute atomic E-state index is 0.0221. The lowest BCUT2D eigenvalue weighted by molar-refractivity contribution is -0.384. The molecule has 0 aliphatic heterocycles. The molecule has 20 heavy (non-hydrogen) atoms. The molecule has 0 aliphatic rings. The molecule has 3 rings (SSSR count). The number of nitrogens with one attached hydrogen (secondary N) is 1. The Balaban J connectivity index is 2.27. The van der Waals surface area contributed by atoms with Crippen molar-refractivity contribution < 1.29 is 4.92 Å². The molecule has 0 radical (unpaired) electrons. The van der Waals surface area contributed by atoms with E-state index in [4.69, 9.17) is 11.6 Å². The van der Waals surface area contributed by atoms with E-state index in [0.29, 0.717) is 16.4 Å². The Morgan fingerprint density at radius 1 is 1.30 bits per heavy atom. The molecule has 6 heteroatoms. The van der Waals surface area contributed by atoms with E-state index in [1.54, 1.807) is 6.07 Å². The van der Waals surface area contributed by atoms with Crippen molar-refractivity contribution in [3.05, 3.63) is 57.1 Å². The largest absolute Gasteiger partial charge is 0.338 e. The zero-order chi connectivity index (χ0) is 14.3. The minimum atomic E-state index is -0.439. The maximum atomic E-state index is 11.1. The third-order valence-corrected chi connectivity index (χ3v) is 3.36. The third-order valence-electron chi connectivity index (χ3n) is 3.12. The zero-order valence-electron chi connectivity index (χ0n) is 10.6. The Bertz CT molecular complexity index is 826. The number of aromatic nitrogens is 2. The number of fused-ring (bicyclic) bond motifs is 1. The predicted octanol–water partition coefficient (Wildman–Crippen LogP) is 4.10. The summed E-state index contributed by atoms with van der Waals surface area (Å²) in [6, 6.07) is 10.2. The molecule has 0 bridgehead atoms. The normalized spacial score (nSPS) is 10.9. The lowest BCUT2D eigenvalue weighted by Gasteiger charge is -2.00. The van der Waals surface area contributed by atoms with E-state index in [-0.39, 0.29) is 5.69 Å². The van der Waals surface area contributed by atoms with Crippen LogP contribution >= 0.6 is 11.6 Å². The maximum Gasteiger partial charge on any atom is 0.280 e. The van der Waals surface area contributed by atoms with Gasteiger partial charge in [-0.2, -0.15) is 0 Å². The van der Waals surface area contributed by atoms with Crippen molar-refractivity contribution in [3.63, 3.8) is 0 Å². The number of nitrogens with zero attached hydrogens (tertiary/aromatic N) is 2. The van der Waals surface area contributed by atoms with E-state index >= 15 is 0 Å². The molecule has 2 aromatic carbocycles. The van der Waals surface area contributed by atoms with Crippen LogP contribution in [0.25, 0.3) is 22.4 Å². The summed E-state index contributed by atoms with van der Waals surface area (Å²) in [5.74, 6) is 0.448. The Morgan fingerprint density at radius 2 is 2.10 bits per heavy atom.